The molecule has 0 amide bonds. The van der Waals surface area contributed by atoms with Gasteiger partial charge in [0.15, 0.2) is 0 Å². The molecular weight excluding hydrogens is 355 g/mol. The Morgan fingerprint density at radius 3 is 2.85 bits per heavy atom. The summed E-state index contributed by atoms with van der Waals surface area (Å²) in [7, 11) is 0. The number of aromatic nitrogens is 3. The Hall–Kier alpha value is -2.31. The monoisotopic (exact) mass is 372 g/mol. The van der Waals surface area contributed by atoms with Crippen LogP contribution in [-0.2, 0) is 6.54 Å². The SMILES string of the molecule is Fc1ccccc1-c1nnc(C2CCCCN2Cc2ccc(Cl)nc2)o1. The summed E-state index contributed by atoms with van der Waals surface area (Å²) in [5.74, 6) is 0.386. The van der Waals surface area contributed by atoms with E-state index in [9.17, 15) is 4.39 Å². The molecule has 3 heterocycles. The second-order valence-electron chi connectivity index (χ2n) is 6.40. The van der Waals surface area contributed by atoms with Crippen LogP contribution in [0.15, 0.2) is 47.0 Å². The van der Waals surface area contributed by atoms with Crippen molar-refractivity contribution in [2.24, 2.45) is 0 Å². The minimum atomic E-state index is -0.365. The summed E-state index contributed by atoms with van der Waals surface area (Å²) >= 11 is 5.86. The molecule has 1 aromatic carbocycles. The number of benzene rings is 1. The zero-order valence-electron chi connectivity index (χ0n) is 14.1. The van der Waals surface area contributed by atoms with E-state index in [-0.39, 0.29) is 17.7 Å². The summed E-state index contributed by atoms with van der Waals surface area (Å²) < 4.78 is 19.8. The zero-order valence-corrected chi connectivity index (χ0v) is 14.9. The molecule has 4 rings (SSSR count). The highest BCUT2D eigenvalue weighted by Gasteiger charge is 2.29. The predicted octanol–water partition coefficient (Wildman–Crippen LogP) is 4.65. The maximum Gasteiger partial charge on any atom is 0.250 e. The number of nitrogens with zero attached hydrogens (tertiary/aromatic N) is 4. The molecule has 0 bridgehead atoms. The normalized spacial score (nSPS) is 18.2. The molecule has 7 heteroatoms. The van der Waals surface area contributed by atoms with Crippen LogP contribution in [0.25, 0.3) is 11.5 Å². The van der Waals surface area contributed by atoms with Gasteiger partial charge in [0.1, 0.15) is 11.0 Å². The quantitative estimate of drug-likeness (QED) is 0.624. The molecule has 1 aliphatic heterocycles. The van der Waals surface area contributed by atoms with Gasteiger partial charge in [-0.25, -0.2) is 9.37 Å². The van der Waals surface area contributed by atoms with E-state index in [1.165, 1.54) is 6.07 Å². The van der Waals surface area contributed by atoms with Crippen LogP contribution in [0.2, 0.25) is 5.15 Å². The smallest absolute Gasteiger partial charge is 0.250 e. The van der Waals surface area contributed by atoms with Gasteiger partial charge in [0.2, 0.25) is 5.89 Å². The summed E-state index contributed by atoms with van der Waals surface area (Å²) in [5.41, 5.74) is 1.41. The molecule has 5 nitrogen and oxygen atoms in total. The molecule has 2 aromatic heterocycles. The van der Waals surface area contributed by atoms with Crippen molar-refractivity contribution in [3.63, 3.8) is 0 Å². The molecule has 1 unspecified atom stereocenters. The lowest BCUT2D eigenvalue weighted by atomic mass is 10.0. The van der Waals surface area contributed by atoms with Crippen LogP contribution >= 0.6 is 11.6 Å². The van der Waals surface area contributed by atoms with E-state index < -0.39 is 0 Å². The van der Waals surface area contributed by atoms with Crippen LogP contribution in [-0.4, -0.2) is 26.6 Å². The van der Waals surface area contributed by atoms with Gasteiger partial charge in [0, 0.05) is 12.7 Å². The van der Waals surface area contributed by atoms with Crippen molar-refractivity contribution in [2.45, 2.75) is 31.8 Å². The lowest BCUT2D eigenvalue weighted by Crippen LogP contribution is -2.33. The van der Waals surface area contributed by atoms with E-state index in [1.54, 1.807) is 30.5 Å². The van der Waals surface area contributed by atoms with E-state index in [4.69, 9.17) is 16.0 Å². The second kappa shape index (κ2) is 7.51. The van der Waals surface area contributed by atoms with Crippen molar-refractivity contribution in [2.75, 3.05) is 6.54 Å². The number of likely N-dealkylation sites (tertiary alicyclic amines) is 1. The highest BCUT2D eigenvalue weighted by atomic mass is 35.5. The summed E-state index contributed by atoms with van der Waals surface area (Å²) in [5, 5.41) is 8.75. The van der Waals surface area contributed by atoms with E-state index in [1.807, 2.05) is 6.07 Å². The molecule has 1 atom stereocenters. The Morgan fingerprint density at radius 1 is 1.15 bits per heavy atom. The maximum absolute atomic E-state index is 14.0. The summed E-state index contributed by atoms with van der Waals surface area (Å²) in [6.07, 6.45) is 4.93. The minimum absolute atomic E-state index is 0.0208. The first-order chi connectivity index (χ1) is 12.7. The third-order valence-corrected chi connectivity index (χ3v) is 4.84. The number of rotatable bonds is 4. The standard InChI is InChI=1S/C19H18ClFN4O/c20-17-9-8-13(11-22-17)12-25-10-4-3-7-16(25)19-24-23-18(26-19)14-5-1-2-6-15(14)21/h1-2,5-6,8-9,11,16H,3-4,7,10,12H2. The van der Waals surface area contributed by atoms with Gasteiger partial charge in [-0.3, -0.25) is 4.90 Å². The summed E-state index contributed by atoms with van der Waals surface area (Å²) in [6.45, 7) is 1.66. The molecule has 3 aromatic rings. The van der Waals surface area contributed by atoms with Crippen LogP contribution in [0, 0.1) is 5.82 Å². The van der Waals surface area contributed by atoms with Gasteiger partial charge < -0.3 is 4.42 Å². The van der Waals surface area contributed by atoms with Crippen molar-refractivity contribution >= 4 is 11.6 Å². The van der Waals surface area contributed by atoms with Crippen molar-refractivity contribution in [1.29, 1.82) is 0 Å². The number of piperidine rings is 1. The Labute approximate surface area is 155 Å². The van der Waals surface area contributed by atoms with Crippen LogP contribution in [0.4, 0.5) is 4.39 Å². The Morgan fingerprint density at radius 2 is 2.04 bits per heavy atom. The fraction of sp³-hybridized carbons (Fsp3) is 0.316. The van der Waals surface area contributed by atoms with Gasteiger partial charge in [-0.05, 0) is 43.1 Å². The molecule has 0 aliphatic carbocycles. The van der Waals surface area contributed by atoms with Crippen LogP contribution in [0.1, 0.15) is 36.8 Å². The average Bonchev–Trinajstić information content (AvgIpc) is 3.14. The molecule has 134 valence electrons. The van der Waals surface area contributed by atoms with E-state index in [2.05, 4.69) is 20.1 Å². The van der Waals surface area contributed by atoms with Gasteiger partial charge in [-0.15, -0.1) is 10.2 Å². The first-order valence-corrected chi connectivity index (χ1v) is 9.01. The van der Waals surface area contributed by atoms with Crippen molar-refractivity contribution in [1.82, 2.24) is 20.1 Å². The van der Waals surface area contributed by atoms with Gasteiger partial charge in [-0.1, -0.05) is 36.2 Å². The highest BCUT2D eigenvalue weighted by molar-refractivity contribution is 6.29. The zero-order chi connectivity index (χ0) is 17.9. The number of hydrogen-bond acceptors (Lipinski definition) is 5. The van der Waals surface area contributed by atoms with Gasteiger partial charge in [-0.2, -0.15) is 0 Å². The Bertz CT molecular complexity index is 883. The fourth-order valence-corrected chi connectivity index (χ4v) is 3.42. The summed E-state index contributed by atoms with van der Waals surface area (Å²) in [4.78, 5) is 6.44. The molecule has 0 radical (unpaired) electrons. The van der Waals surface area contributed by atoms with E-state index in [0.717, 1.165) is 37.9 Å². The summed E-state index contributed by atoms with van der Waals surface area (Å²) in [6, 6.07) is 10.2. The first-order valence-electron chi connectivity index (χ1n) is 8.63. The highest BCUT2D eigenvalue weighted by Crippen LogP contribution is 2.33. The molecule has 0 saturated carbocycles. The van der Waals surface area contributed by atoms with E-state index in [0.29, 0.717) is 16.6 Å². The van der Waals surface area contributed by atoms with Crippen molar-refractivity contribution < 1.29 is 8.81 Å². The minimum Gasteiger partial charge on any atom is -0.419 e. The number of halogens is 2. The third-order valence-electron chi connectivity index (χ3n) is 4.62. The second-order valence-corrected chi connectivity index (χ2v) is 6.78. The Balaban J connectivity index is 1.57. The fourth-order valence-electron chi connectivity index (χ4n) is 3.31. The maximum atomic E-state index is 14.0. The largest absolute Gasteiger partial charge is 0.419 e. The third kappa shape index (κ3) is 3.61. The van der Waals surface area contributed by atoms with Crippen LogP contribution in [0.3, 0.4) is 0 Å². The van der Waals surface area contributed by atoms with Gasteiger partial charge in [0.25, 0.3) is 5.89 Å². The topological polar surface area (TPSA) is 55.1 Å². The molecular formula is C19H18ClFN4O. The lowest BCUT2D eigenvalue weighted by Gasteiger charge is -2.33. The molecule has 0 N–H and O–H groups in total. The predicted molar refractivity (Wildman–Crippen MR) is 95.9 cm³/mol. The Kier molecular flexibility index (Phi) is 4.95. The van der Waals surface area contributed by atoms with Crippen LogP contribution < -0.4 is 0 Å². The number of hydrogen-bond donors (Lipinski definition) is 0. The molecule has 26 heavy (non-hydrogen) atoms. The average molecular weight is 373 g/mol. The van der Waals surface area contributed by atoms with Crippen molar-refractivity contribution in [3.8, 4) is 11.5 Å². The lowest BCUT2D eigenvalue weighted by molar-refractivity contribution is 0.118. The van der Waals surface area contributed by atoms with E-state index >= 15 is 0 Å². The molecule has 1 aliphatic rings. The van der Waals surface area contributed by atoms with Gasteiger partial charge in [0.05, 0.1) is 11.6 Å². The first kappa shape index (κ1) is 17.1. The molecule has 0 spiro atoms. The van der Waals surface area contributed by atoms with Gasteiger partial charge >= 0.3 is 0 Å². The van der Waals surface area contributed by atoms with Crippen molar-refractivity contribution in [3.05, 3.63) is 65.0 Å². The molecule has 1 fully saturated rings. The molecule has 1 saturated heterocycles. The van der Waals surface area contributed by atoms with Crippen LogP contribution in [0.5, 0.6) is 0 Å². The number of pyridine rings is 1.